The predicted molar refractivity (Wildman–Crippen MR) is 71.9 cm³/mol. The fraction of sp³-hybridized carbons (Fsp3) is 0.600. The van der Waals surface area contributed by atoms with Crippen molar-refractivity contribution in [3.8, 4) is 0 Å². The minimum Gasteiger partial charge on any atom is -0.315 e. The van der Waals surface area contributed by atoms with Crippen LogP contribution in [0.1, 0.15) is 44.7 Å². The summed E-state index contributed by atoms with van der Waals surface area (Å²) in [5, 5.41) is 3.45. The number of rotatable bonds is 7. The Bertz CT molecular complexity index is 276. The first kappa shape index (κ1) is 13.2. The van der Waals surface area contributed by atoms with Crippen LogP contribution < -0.4 is 5.32 Å². The molecule has 16 heavy (non-hydrogen) atoms. The zero-order valence-corrected chi connectivity index (χ0v) is 10.9. The second-order valence-electron chi connectivity index (χ2n) is 4.56. The van der Waals surface area contributed by atoms with Crippen molar-refractivity contribution in [2.75, 3.05) is 6.54 Å². The average Bonchev–Trinajstić information content (AvgIpc) is 2.29. The van der Waals surface area contributed by atoms with Gasteiger partial charge in [0.2, 0.25) is 0 Å². The highest BCUT2D eigenvalue weighted by Crippen LogP contribution is 2.09. The summed E-state index contributed by atoms with van der Waals surface area (Å²) in [6.45, 7) is 7.72. The van der Waals surface area contributed by atoms with Gasteiger partial charge in [0, 0.05) is 6.04 Å². The normalized spacial score (nSPS) is 12.7. The second kappa shape index (κ2) is 7.45. The Kier molecular flexibility index (Phi) is 6.17. The predicted octanol–water partition coefficient (Wildman–Crippen LogP) is 3.57. The fourth-order valence-electron chi connectivity index (χ4n) is 1.99. The molecular formula is C15H25N. The molecule has 1 aromatic carbocycles. The van der Waals surface area contributed by atoms with Gasteiger partial charge in [-0.3, -0.25) is 0 Å². The number of benzene rings is 1. The molecule has 1 unspecified atom stereocenters. The molecule has 0 fully saturated rings. The van der Waals surface area contributed by atoms with Gasteiger partial charge in [-0.05, 0) is 43.9 Å². The number of hydrogen-bond acceptors (Lipinski definition) is 1. The zero-order chi connectivity index (χ0) is 11.8. The van der Waals surface area contributed by atoms with Gasteiger partial charge in [-0.2, -0.15) is 0 Å². The van der Waals surface area contributed by atoms with E-state index in [2.05, 4.69) is 50.4 Å². The molecule has 0 spiro atoms. The maximum Gasteiger partial charge on any atom is 0.00417 e. The van der Waals surface area contributed by atoms with Crippen molar-refractivity contribution in [2.24, 2.45) is 0 Å². The first-order valence-corrected chi connectivity index (χ1v) is 6.57. The lowest BCUT2D eigenvalue weighted by Gasteiger charge is -2.12. The van der Waals surface area contributed by atoms with Crippen molar-refractivity contribution in [3.63, 3.8) is 0 Å². The smallest absolute Gasteiger partial charge is 0.00417 e. The molecule has 0 saturated heterocycles. The standard InChI is InChI=1S/C15H25N/c1-4-6-14-9-11-15(12-10-14)8-7-13(3)16-5-2/h9-13,16H,4-8H2,1-3H3. The van der Waals surface area contributed by atoms with Crippen LogP contribution in [0.2, 0.25) is 0 Å². The van der Waals surface area contributed by atoms with E-state index in [0.29, 0.717) is 6.04 Å². The molecule has 1 N–H and O–H groups in total. The summed E-state index contributed by atoms with van der Waals surface area (Å²) in [5.41, 5.74) is 2.93. The molecule has 0 aliphatic rings. The topological polar surface area (TPSA) is 12.0 Å². The maximum absolute atomic E-state index is 3.45. The Labute approximate surface area is 100 Å². The van der Waals surface area contributed by atoms with E-state index < -0.39 is 0 Å². The van der Waals surface area contributed by atoms with Gasteiger partial charge in [0.1, 0.15) is 0 Å². The molecule has 1 heteroatoms. The third kappa shape index (κ3) is 4.80. The number of aryl methyl sites for hydroxylation is 2. The molecule has 1 aromatic rings. The van der Waals surface area contributed by atoms with E-state index >= 15 is 0 Å². The summed E-state index contributed by atoms with van der Waals surface area (Å²) >= 11 is 0. The summed E-state index contributed by atoms with van der Waals surface area (Å²) in [7, 11) is 0. The summed E-state index contributed by atoms with van der Waals surface area (Å²) in [6, 6.07) is 9.74. The van der Waals surface area contributed by atoms with Crippen LogP contribution in [0.25, 0.3) is 0 Å². The van der Waals surface area contributed by atoms with Gasteiger partial charge >= 0.3 is 0 Å². The molecule has 1 rings (SSSR count). The Hall–Kier alpha value is -0.820. The molecule has 0 bridgehead atoms. The lowest BCUT2D eigenvalue weighted by atomic mass is 10.0. The summed E-state index contributed by atoms with van der Waals surface area (Å²) < 4.78 is 0. The van der Waals surface area contributed by atoms with Crippen LogP contribution in [-0.4, -0.2) is 12.6 Å². The van der Waals surface area contributed by atoms with Crippen LogP contribution in [0.5, 0.6) is 0 Å². The van der Waals surface area contributed by atoms with Gasteiger partial charge in [-0.15, -0.1) is 0 Å². The van der Waals surface area contributed by atoms with Crippen LogP contribution in [0.4, 0.5) is 0 Å². The minimum atomic E-state index is 0.625. The lowest BCUT2D eigenvalue weighted by Crippen LogP contribution is -2.25. The zero-order valence-electron chi connectivity index (χ0n) is 10.9. The molecule has 0 aliphatic heterocycles. The SMILES string of the molecule is CCCc1ccc(CCC(C)NCC)cc1. The van der Waals surface area contributed by atoms with Crippen molar-refractivity contribution >= 4 is 0 Å². The van der Waals surface area contributed by atoms with E-state index in [1.807, 2.05) is 0 Å². The van der Waals surface area contributed by atoms with Gasteiger partial charge in [-0.25, -0.2) is 0 Å². The Morgan fingerprint density at radius 2 is 1.56 bits per heavy atom. The Morgan fingerprint density at radius 1 is 1.00 bits per heavy atom. The monoisotopic (exact) mass is 219 g/mol. The van der Waals surface area contributed by atoms with Crippen LogP contribution >= 0.6 is 0 Å². The van der Waals surface area contributed by atoms with Crippen molar-refractivity contribution in [1.82, 2.24) is 5.32 Å². The maximum atomic E-state index is 3.45. The third-order valence-electron chi connectivity index (χ3n) is 2.98. The van der Waals surface area contributed by atoms with E-state index in [0.717, 1.165) is 6.54 Å². The van der Waals surface area contributed by atoms with Crippen LogP contribution in [-0.2, 0) is 12.8 Å². The number of nitrogens with one attached hydrogen (secondary N) is 1. The van der Waals surface area contributed by atoms with Gasteiger partial charge in [0.15, 0.2) is 0 Å². The van der Waals surface area contributed by atoms with E-state index in [1.165, 1.54) is 36.8 Å². The minimum absolute atomic E-state index is 0.625. The van der Waals surface area contributed by atoms with Gasteiger partial charge in [-0.1, -0.05) is 44.5 Å². The first-order valence-electron chi connectivity index (χ1n) is 6.57. The van der Waals surface area contributed by atoms with Crippen molar-refractivity contribution in [1.29, 1.82) is 0 Å². The molecule has 90 valence electrons. The molecule has 0 heterocycles. The largest absolute Gasteiger partial charge is 0.315 e. The molecule has 0 saturated carbocycles. The summed E-state index contributed by atoms with van der Waals surface area (Å²) in [4.78, 5) is 0. The van der Waals surface area contributed by atoms with E-state index in [1.54, 1.807) is 0 Å². The molecule has 0 amide bonds. The molecule has 1 nitrogen and oxygen atoms in total. The van der Waals surface area contributed by atoms with Gasteiger partial charge in [0.05, 0.1) is 0 Å². The molecule has 0 aliphatic carbocycles. The van der Waals surface area contributed by atoms with Crippen molar-refractivity contribution in [3.05, 3.63) is 35.4 Å². The van der Waals surface area contributed by atoms with E-state index in [-0.39, 0.29) is 0 Å². The molecule has 1 atom stereocenters. The van der Waals surface area contributed by atoms with E-state index in [4.69, 9.17) is 0 Å². The summed E-state index contributed by atoms with van der Waals surface area (Å²) in [5.74, 6) is 0. The van der Waals surface area contributed by atoms with E-state index in [9.17, 15) is 0 Å². The number of hydrogen-bond donors (Lipinski definition) is 1. The lowest BCUT2D eigenvalue weighted by molar-refractivity contribution is 0.530. The van der Waals surface area contributed by atoms with Crippen molar-refractivity contribution < 1.29 is 0 Å². The van der Waals surface area contributed by atoms with Crippen LogP contribution in [0.3, 0.4) is 0 Å². The van der Waals surface area contributed by atoms with Crippen molar-refractivity contribution in [2.45, 2.75) is 52.5 Å². The molecular weight excluding hydrogens is 194 g/mol. The third-order valence-corrected chi connectivity index (χ3v) is 2.98. The highest BCUT2D eigenvalue weighted by Gasteiger charge is 2.00. The quantitative estimate of drug-likeness (QED) is 0.739. The molecule has 0 aromatic heterocycles. The van der Waals surface area contributed by atoms with Gasteiger partial charge < -0.3 is 5.32 Å². The van der Waals surface area contributed by atoms with Crippen LogP contribution in [0, 0.1) is 0 Å². The highest BCUT2D eigenvalue weighted by molar-refractivity contribution is 5.22. The fourth-order valence-corrected chi connectivity index (χ4v) is 1.99. The second-order valence-corrected chi connectivity index (χ2v) is 4.56. The average molecular weight is 219 g/mol. The highest BCUT2D eigenvalue weighted by atomic mass is 14.9. The molecule has 0 radical (unpaired) electrons. The van der Waals surface area contributed by atoms with Crippen LogP contribution in [0.15, 0.2) is 24.3 Å². The summed E-state index contributed by atoms with van der Waals surface area (Å²) in [6.07, 6.45) is 4.84. The first-order chi connectivity index (χ1) is 7.76. The Balaban J connectivity index is 2.37. The van der Waals surface area contributed by atoms with Gasteiger partial charge in [0.25, 0.3) is 0 Å². The Morgan fingerprint density at radius 3 is 2.06 bits per heavy atom.